The number of ether oxygens (including phenoxy) is 1. The first-order chi connectivity index (χ1) is 5.38. The van der Waals surface area contributed by atoms with Gasteiger partial charge in [0.2, 0.25) is 0 Å². The third-order valence-corrected chi connectivity index (χ3v) is 1.72. The van der Waals surface area contributed by atoms with E-state index in [-0.39, 0.29) is 0 Å². The van der Waals surface area contributed by atoms with Crippen molar-refractivity contribution in [2.45, 2.75) is 0 Å². The van der Waals surface area contributed by atoms with Crippen LogP contribution in [-0.2, 0) is 4.74 Å². The molecule has 1 aromatic carbocycles. The summed E-state index contributed by atoms with van der Waals surface area (Å²) in [5.74, 6) is 0.725. The first-order valence-electron chi connectivity index (χ1n) is 3.49. The van der Waals surface area contributed by atoms with Gasteiger partial charge in [-0.15, -0.1) is 0 Å². The van der Waals surface area contributed by atoms with Gasteiger partial charge >= 0.3 is 0 Å². The quantitative estimate of drug-likeness (QED) is 0.544. The summed E-state index contributed by atoms with van der Waals surface area (Å²) in [4.78, 5) is 0. The minimum absolute atomic E-state index is 0.725. The second-order valence-corrected chi connectivity index (χ2v) is 2.43. The predicted molar refractivity (Wildman–Crippen MR) is 45.6 cm³/mol. The minimum Gasteiger partial charge on any atom is -0.465 e. The lowest BCUT2D eigenvalue weighted by molar-refractivity contribution is 0.438. The van der Waals surface area contributed by atoms with Crippen LogP contribution in [0.4, 0.5) is 0 Å². The SMILES string of the molecule is C=C1OC=Cc2ccccc21. The number of rotatable bonds is 0. The van der Waals surface area contributed by atoms with Crippen molar-refractivity contribution in [3.05, 3.63) is 48.2 Å². The molecule has 0 bridgehead atoms. The van der Waals surface area contributed by atoms with E-state index in [9.17, 15) is 0 Å². The summed E-state index contributed by atoms with van der Waals surface area (Å²) < 4.78 is 5.13. The predicted octanol–water partition coefficient (Wildman–Crippen LogP) is 2.66. The van der Waals surface area contributed by atoms with Crippen molar-refractivity contribution in [3.63, 3.8) is 0 Å². The van der Waals surface area contributed by atoms with Crippen molar-refractivity contribution in [3.8, 4) is 0 Å². The van der Waals surface area contributed by atoms with E-state index < -0.39 is 0 Å². The zero-order valence-corrected chi connectivity index (χ0v) is 6.08. The van der Waals surface area contributed by atoms with Crippen LogP contribution in [0.1, 0.15) is 11.1 Å². The van der Waals surface area contributed by atoms with E-state index in [2.05, 4.69) is 6.58 Å². The Morgan fingerprint density at radius 2 is 2.00 bits per heavy atom. The van der Waals surface area contributed by atoms with Gasteiger partial charge in [-0.05, 0) is 11.6 Å². The van der Waals surface area contributed by atoms with Gasteiger partial charge in [0.25, 0.3) is 0 Å². The molecular formula is C10H8O. The number of fused-ring (bicyclic) bond motifs is 1. The Hall–Kier alpha value is -1.50. The topological polar surface area (TPSA) is 9.23 Å². The van der Waals surface area contributed by atoms with E-state index >= 15 is 0 Å². The molecular weight excluding hydrogens is 136 g/mol. The highest BCUT2D eigenvalue weighted by Crippen LogP contribution is 2.24. The maximum Gasteiger partial charge on any atom is 0.127 e. The van der Waals surface area contributed by atoms with Gasteiger partial charge in [-0.25, -0.2) is 0 Å². The summed E-state index contributed by atoms with van der Waals surface area (Å²) in [6.07, 6.45) is 3.59. The van der Waals surface area contributed by atoms with Crippen LogP contribution in [0.5, 0.6) is 0 Å². The van der Waals surface area contributed by atoms with Crippen LogP contribution in [0.2, 0.25) is 0 Å². The molecule has 54 valence electrons. The highest BCUT2D eigenvalue weighted by molar-refractivity contribution is 5.72. The molecule has 1 aliphatic rings. The number of benzene rings is 1. The van der Waals surface area contributed by atoms with Gasteiger partial charge in [-0.1, -0.05) is 30.8 Å². The first-order valence-corrected chi connectivity index (χ1v) is 3.49. The Bertz CT molecular complexity index is 323. The lowest BCUT2D eigenvalue weighted by Gasteiger charge is -2.12. The van der Waals surface area contributed by atoms with E-state index in [0.717, 1.165) is 11.3 Å². The van der Waals surface area contributed by atoms with E-state index in [4.69, 9.17) is 4.74 Å². The van der Waals surface area contributed by atoms with E-state index in [1.165, 1.54) is 5.56 Å². The van der Waals surface area contributed by atoms with Gasteiger partial charge < -0.3 is 4.74 Å². The average molecular weight is 144 g/mol. The summed E-state index contributed by atoms with van der Waals surface area (Å²) in [5, 5.41) is 0. The van der Waals surface area contributed by atoms with Crippen molar-refractivity contribution in [2.75, 3.05) is 0 Å². The van der Waals surface area contributed by atoms with Gasteiger partial charge in [-0.2, -0.15) is 0 Å². The summed E-state index contributed by atoms with van der Waals surface area (Å²) >= 11 is 0. The van der Waals surface area contributed by atoms with E-state index in [1.54, 1.807) is 6.26 Å². The summed E-state index contributed by atoms with van der Waals surface area (Å²) in [5.41, 5.74) is 2.25. The Morgan fingerprint density at radius 3 is 2.82 bits per heavy atom. The van der Waals surface area contributed by atoms with Gasteiger partial charge in [0.15, 0.2) is 0 Å². The van der Waals surface area contributed by atoms with Crippen LogP contribution in [0.3, 0.4) is 0 Å². The molecule has 1 nitrogen and oxygen atoms in total. The van der Waals surface area contributed by atoms with Crippen molar-refractivity contribution in [1.82, 2.24) is 0 Å². The molecule has 0 fully saturated rings. The van der Waals surface area contributed by atoms with Gasteiger partial charge in [0, 0.05) is 5.56 Å². The lowest BCUT2D eigenvalue weighted by atomic mass is 10.1. The van der Waals surface area contributed by atoms with Crippen LogP contribution in [0, 0.1) is 0 Å². The first kappa shape index (κ1) is 6.23. The number of hydrogen-bond acceptors (Lipinski definition) is 1. The Morgan fingerprint density at radius 1 is 1.18 bits per heavy atom. The lowest BCUT2D eigenvalue weighted by Crippen LogP contribution is -1.92. The molecule has 11 heavy (non-hydrogen) atoms. The second kappa shape index (κ2) is 2.27. The Labute approximate surface area is 65.6 Å². The van der Waals surface area contributed by atoms with Crippen molar-refractivity contribution in [2.24, 2.45) is 0 Å². The van der Waals surface area contributed by atoms with Crippen molar-refractivity contribution in [1.29, 1.82) is 0 Å². The maximum absolute atomic E-state index is 5.13. The van der Waals surface area contributed by atoms with Crippen LogP contribution in [0.15, 0.2) is 37.1 Å². The molecule has 1 heteroatoms. The van der Waals surface area contributed by atoms with Crippen LogP contribution < -0.4 is 0 Å². The average Bonchev–Trinajstić information content (AvgIpc) is 2.06. The number of hydrogen-bond donors (Lipinski definition) is 0. The van der Waals surface area contributed by atoms with Crippen LogP contribution in [-0.4, -0.2) is 0 Å². The maximum atomic E-state index is 5.13. The molecule has 2 rings (SSSR count). The Balaban J connectivity index is 2.63. The highest BCUT2D eigenvalue weighted by atomic mass is 16.5. The van der Waals surface area contributed by atoms with Crippen molar-refractivity contribution >= 4 is 11.8 Å². The Kier molecular flexibility index (Phi) is 1.29. The molecule has 0 aromatic heterocycles. The largest absolute Gasteiger partial charge is 0.465 e. The molecule has 0 aliphatic carbocycles. The molecule has 0 radical (unpaired) electrons. The molecule has 1 aromatic rings. The fourth-order valence-corrected chi connectivity index (χ4v) is 1.15. The van der Waals surface area contributed by atoms with Gasteiger partial charge in [-0.3, -0.25) is 0 Å². The second-order valence-electron chi connectivity index (χ2n) is 2.43. The fraction of sp³-hybridized carbons (Fsp3) is 0. The molecule has 0 saturated heterocycles. The summed E-state index contributed by atoms with van der Waals surface area (Å²) in [6, 6.07) is 8.02. The molecule has 0 atom stereocenters. The van der Waals surface area contributed by atoms with Gasteiger partial charge in [0.05, 0.1) is 6.26 Å². The molecule has 1 aliphatic heterocycles. The molecule has 0 N–H and O–H groups in total. The normalized spacial score (nSPS) is 14.0. The molecule has 0 spiro atoms. The molecule has 0 saturated carbocycles. The van der Waals surface area contributed by atoms with Gasteiger partial charge in [0.1, 0.15) is 5.76 Å². The zero-order chi connectivity index (χ0) is 7.68. The molecule has 0 unspecified atom stereocenters. The van der Waals surface area contributed by atoms with Crippen LogP contribution in [0.25, 0.3) is 11.8 Å². The smallest absolute Gasteiger partial charge is 0.127 e. The summed E-state index contributed by atoms with van der Waals surface area (Å²) in [6.45, 7) is 3.78. The highest BCUT2D eigenvalue weighted by Gasteiger charge is 2.06. The third-order valence-electron chi connectivity index (χ3n) is 1.72. The standard InChI is InChI=1S/C10H8O/c1-8-10-5-3-2-4-9(10)6-7-11-8/h2-7H,1H2. The third kappa shape index (κ3) is 0.944. The van der Waals surface area contributed by atoms with E-state index in [1.807, 2.05) is 30.3 Å². The van der Waals surface area contributed by atoms with Crippen molar-refractivity contribution < 1.29 is 4.74 Å². The molecule has 1 heterocycles. The minimum atomic E-state index is 0.725. The molecule has 0 amide bonds. The summed E-state index contributed by atoms with van der Waals surface area (Å²) in [7, 11) is 0. The zero-order valence-electron chi connectivity index (χ0n) is 6.08. The van der Waals surface area contributed by atoms with Crippen LogP contribution >= 0.6 is 0 Å². The monoisotopic (exact) mass is 144 g/mol. The van der Waals surface area contributed by atoms with E-state index in [0.29, 0.717) is 0 Å². The fourth-order valence-electron chi connectivity index (χ4n) is 1.15.